The summed E-state index contributed by atoms with van der Waals surface area (Å²) in [5, 5.41) is 14.7. The van der Waals surface area contributed by atoms with Crippen molar-refractivity contribution in [1.82, 2.24) is 19.5 Å². The average molecular weight is 419 g/mol. The van der Waals surface area contributed by atoms with Crippen LogP contribution >= 0.6 is 0 Å². The Bertz CT molecular complexity index is 1250. The zero-order chi connectivity index (χ0) is 21.6. The smallest absolute Gasteiger partial charge is 0.416 e. The number of nitrogens with one attached hydrogen (secondary N) is 1. The highest BCUT2D eigenvalue weighted by atomic mass is 19.4. The van der Waals surface area contributed by atoms with Crippen LogP contribution in [0.5, 0.6) is 0 Å². The second-order valence-electron chi connectivity index (χ2n) is 6.36. The molecular weight excluding hydrogens is 406 g/mol. The molecule has 0 bridgehead atoms. The van der Waals surface area contributed by atoms with Crippen LogP contribution in [-0.4, -0.2) is 19.5 Å². The largest absolute Gasteiger partial charge is 0.710 e. The van der Waals surface area contributed by atoms with Gasteiger partial charge in [0.1, 0.15) is 23.3 Å². The number of pyridine rings is 1. The van der Waals surface area contributed by atoms with Gasteiger partial charge in [-0.3, -0.25) is 4.57 Å². The lowest BCUT2D eigenvalue weighted by Gasteiger charge is -2.11. The first kappa shape index (κ1) is 19.4. The number of aromatic nitrogens is 5. The summed E-state index contributed by atoms with van der Waals surface area (Å²) in [6.07, 6.45) is -3.70. The number of hydrogen-bond acceptors (Lipinski definition) is 6. The van der Waals surface area contributed by atoms with E-state index in [2.05, 4.69) is 20.3 Å². The van der Waals surface area contributed by atoms with Crippen molar-refractivity contribution in [2.45, 2.75) is 13.1 Å². The number of rotatable bonds is 3. The molecule has 30 heavy (non-hydrogen) atoms. The van der Waals surface area contributed by atoms with E-state index in [9.17, 15) is 22.8 Å². The Labute approximate surface area is 166 Å². The summed E-state index contributed by atoms with van der Waals surface area (Å²) < 4.78 is 53.6. The monoisotopic (exact) mass is 419 g/mol. The number of nitrogen functional groups attached to an aromatic ring is 1. The van der Waals surface area contributed by atoms with Crippen molar-refractivity contribution in [3.63, 3.8) is 0 Å². The second-order valence-corrected chi connectivity index (χ2v) is 6.36. The van der Waals surface area contributed by atoms with Crippen LogP contribution in [0.1, 0.15) is 11.4 Å². The molecule has 0 atom stereocenters. The number of anilines is 3. The number of aryl methyl sites for hydroxylation is 1. The van der Waals surface area contributed by atoms with E-state index >= 15 is 0 Å². The number of nitrogens with zero attached hydrogens (tertiary/aromatic N) is 5. The fraction of sp³-hybridized carbons (Fsp3) is 0.111. The third-order valence-corrected chi connectivity index (χ3v) is 4.22. The number of hydrogen-bond donors (Lipinski definition) is 2. The van der Waals surface area contributed by atoms with Gasteiger partial charge in [0, 0.05) is 24.7 Å². The van der Waals surface area contributed by atoms with Crippen molar-refractivity contribution in [2.24, 2.45) is 0 Å². The minimum Gasteiger partial charge on any atom is -0.710 e. The van der Waals surface area contributed by atoms with Crippen molar-refractivity contribution in [2.75, 3.05) is 11.1 Å². The predicted molar refractivity (Wildman–Crippen MR) is 99.5 cm³/mol. The third-order valence-electron chi connectivity index (χ3n) is 4.22. The van der Waals surface area contributed by atoms with Crippen LogP contribution in [-0.2, 0) is 6.18 Å². The summed E-state index contributed by atoms with van der Waals surface area (Å²) in [4.78, 5) is 12.4. The maximum absolute atomic E-state index is 13.8. The fourth-order valence-corrected chi connectivity index (χ4v) is 2.95. The van der Waals surface area contributed by atoms with E-state index in [1.807, 2.05) is 0 Å². The van der Waals surface area contributed by atoms with Crippen molar-refractivity contribution >= 4 is 28.6 Å². The molecule has 4 aromatic rings. The van der Waals surface area contributed by atoms with Crippen molar-refractivity contribution in [3.8, 4) is 5.82 Å². The topological polar surface area (TPSA) is 109 Å². The number of halogens is 4. The van der Waals surface area contributed by atoms with E-state index in [-0.39, 0.29) is 28.7 Å². The first-order valence-corrected chi connectivity index (χ1v) is 8.49. The van der Waals surface area contributed by atoms with Gasteiger partial charge in [-0.15, -0.1) is 0 Å². The fourth-order valence-electron chi connectivity index (χ4n) is 2.95. The molecule has 0 saturated heterocycles. The second kappa shape index (κ2) is 6.83. The standard InChI is InChI=1S/C18H13F4N7O/c1-9-24-16-13(6-11(19)8-28(16)30)29(9)15-7-14(23)26-17(27-15)25-12-4-2-10(3-5-12)18(20,21)22/h2-8H,1H3,(H3,23,25,26,27). The van der Waals surface area contributed by atoms with Crippen molar-refractivity contribution in [1.29, 1.82) is 0 Å². The first-order valence-electron chi connectivity index (χ1n) is 8.49. The molecule has 4 rings (SSSR count). The maximum atomic E-state index is 13.8. The SMILES string of the molecule is Cc1nc2c(cc(F)c[n+]2[O-])n1-c1cc(N)nc(Nc2ccc(C(F)(F)F)cc2)n1. The molecule has 0 saturated carbocycles. The molecule has 0 spiro atoms. The quantitative estimate of drug-likeness (QED) is 0.300. The van der Waals surface area contributed by atoms with E-state index in [0.717, 1.165) is 24.4 Å². The molecule has 0 aliphatic carbocycles. The highest BCUT2D eigenvalue weighted by Gasteiger charge is 2.30. The Kier molecular flexibility index (Phi) is 4.41. The van der Waals surface area contributed by atoms with E-state index in [1.165, 1.54) is 22.8 Å². The van der Waals surface area contributed by atoms with Gasteiger partial charge < -0.3 is 16.3 Å². The molecule has 0 aliphatic rings. The Hall–Kier alpha value is -3.96. The maximum Gasteiger partial charge on any atom is 0.416 e. The van der Waals surface area contributed by atoms with E-state index in [4.69, 9.17) is 5.73 Å². The molecule has 3 aromatic heterocycles. The zero-order valence-electron chi connectivity index (χ0n) is 15.3. The van der Waals surface area contributed by atoms with Crippen LogP contribution in [0.25, 0.3) is 17.0 Å². The Morgan fingerprint density at radius 1 is 1.10 bits per heavy atom. The van der Waals surface area contributed by atoms with Crippen LogP contribution in [0.3, 0.4) is 0 Å². The number of fused-ring (bicyclic) bond motifs is 1. The summed E-state index contributed by atoms with van der Waals surface area (Å²) in [6, 6.07) is 6.81. The molecule has 154 valence electrons. The van der Waals surface area contributed by atoms with Gasteiger partial charge in [-0.25, -0.2) is 9.12 Å². The van der Waals surface area contributed by atoms with Crippen molar-refractivity contribution < 1.29 is 22.3 Å². The lowest BCUT2D eigenvalue weighted by Crippen LogP contribution is -2.27. The Morgan fingerprint density at radius 2 is 1.80 bits per heavy atom. The molecule has 0 radical (unpaired) electrons. The third kappa shape index (κ3) is 3.54. The summed E-state index contributed by atoms with van der Waals surface area (Å²) in [7, 11) is 0. The van der Waals surface area contributed by atoms with Crippen LogP contribution in [0.2, 0.25) is 0 Å². The molecule has 0 amide bonds. The van der Waals surface area contributed by atoms with E-state index < -0.39 is 17.6 Å². The molecular formula is C18H13F4N7O. The van der Waals surface area contributed by atoms with Gasteiger partial charge in [0.2, 0.25) is 11.8 Å². The van der Waals surface area contributed by atoms with Crippen LogP contribution < -0.4 is 15.8 Å². The molecule has 12 heteroatoms. The van der Waals surface area contributed by atoms with Crippen LogP contribution in [0.15, 0.2) is 42.6 Å². The number of benzene rings is 1. The molecule has 0 unspecified atom stereocenters. The van der Waals surface area contributed by atoms with Gasteiger partial charge in [-0.05, 0) is 29.2 Å². The summed E-state index contributed by atoms with van der Waals surface area (Å²) in [5.41, 5.74) is 5.50. The Morgan fingerprint density at radius 3 is 2.47 bits per heavy atom. The van der Waals surface area contributed by atoms with Gasteiger partial charge in [-0.1, -0.05) is 0 Å². The van der Waals surface area contributed by atoms with Gasteiger partial charge >= 0.3 is 11.8 Å². The van der Waals surface area contributed by atoms with E-state index in [0.29, 0.717) is 16.2 Å². The molecule has 0 fully saturated rings. The first-order chi connectivity index (χ1) is 14.1. The number of alkyl halides is 3. The Balaban J connectivity index is 1.75. The molecule has 3 N–H and O–H groups in total. The molecule has 1 aromatic carbocycles. The normalized spacial score (nSPS) is 11.8. The number of nitrogens with two attached hydrogens (primary N) is 1. The number of imidazole rings is 1. The molecule has 3 heterocycles. The summed E-state index contributed by atoms with van der Waals surface area (Å²) in [6.45, 7) is 1.60. The molecule has 8 nitrogen and oxygen atoms in total. The van der Waals surface area contributed by atoms with Crippen molar-refractivity contribution in [3.05, 3.63) is 65.0 Å². The van der Waals surface area contributed by atoms with Gasteiger partial charge in [-0.2, -0.15) is 23.1 Å². The van der Waals surface area contributed by atoms with Crippen LogP contribution in [0.4, 0.5) is 35.0 Å². The predicted octanol–water partition coefficient (Wildman–Crippen LogP) is 3.24. The lowest BCUT2D eigenvalue weighted by atomic mass is 10.2. The van der Waals surface area contributed by atoms with Gasteiger partial charge in [0.25, 0.3) is 0 Å². The highest BCUT2D eigenvalue weighted by molar-refractivity contribution is 5.71. The highest BCUT2D eigenvalue weighted by Crippen LogP contribution is 2.30. The molecule has 0 aliphatic heterocycles. The average Bonchev–Trinajstić information content (AvgIpc) is 2.97. The summed E-state index contributed by atoms with van der Waals surface area (Å²) >= 11 is 0. The van der Waals surface area contributed by atoms with E-state index in [1.54, 1.807) is 6.92 Å². The minimum atomic E-state index is -4.45. The van der Waals surface area contributed by atoms with Crippen LogP contribution in [0, 0.1) is 17.9 Å². The summed E-state index contributed by atoms with van der Waals surface area (Å²) in [5.74, 6) is -0.176. The minimum absolute atomic E-state index is 0.00240. The van der Waals surface area contributed by atoms with Gasteiger partial charge in [0.15, 0.2) is 5.82 Å². The van der Waals surface area contributed by atoms with Gasteiger partial charge in [0.05, 0.1) is 5.56 Å². The zero-order valence-corrected chi connectivity index (χ0v) is 15.3. The lowest BCUT2D eigenvalue weighted by molar-refractivity contribution is -0.580.